The molecule has 0 aliphatic carbocycles. The standard InChI is InChI=1S/C18H20N2O6S/c1-3-19(4-2)27(24,25)17-7-5-6-15(12-17)18(21)26-13-14-8-10-16(11-9-14)20(22)23/h5-12H,3-4,13H2,1-2H3. The van der Waals surface area contributed by atoms with Crippen LogP contribution in [0.1, 0.15) is 29.8 Å². The van der Waals surface area contributed by atoms with Crippen molar-refractivity contribution in [2.24, 2.45) is 0 Å². The minimum Gasteiger partial charge on any atom is -0.457 e. The molecule has 0 atom stereocenters. The van der Waals surface area contributed by atoms with Gasteiger partial charge in [0.25, 0.3) is 5.69 Å². The van der Waals surface area contributed by atoms with Gasteiger partial charge >= 0.3 is 5.97 Å². The zero-order valence-corrected chi connectivity index (χ0v) is 15.8. The Kier molecular flexibility index (Phi) is 6.65. The monoisotopic (exact) mass is 392 g/mol. The molecule has 2 rings (SSSR count). The molecule has 0 fully saturated rings. The summed E-state index contributed by atoms with van der Waals surface area (Å²) in [7, 11) is -3.68. The fourth-order valence-electron chi connectivity index (χ4n) is 2.44. The van der Waals surface area contributed by atoms with Crippen molar-refractivity contribution in [1.29, 1.82) is 0 Å². The second-order valence-corrected chi connectivity index (χ2v) is 7.55. The summed E-state index contributed by atoms with van der Waals surface area (Å²) < 4.78 is 31.6. The van der Waals surface area contributed by atoms with Crippen molar-refractivity contribution >= 4 is 21.7 Å². The number of benzene rings is 2. The third-order valence-electron chi connectivity index (χ3n) is 3.93. The molecule has 0 spiro atoms. The van der Waals surface area contributed by atoms with E-state index in [9.17, 15) is 23.3 Å². The summed E-state index contributed by atoms with van der Waals surface area (Å²) in [5, 5.41) is 10.6. The van der Waals surface area contributed by atoms with Crippen LogP contribution in [-0.4, -0.2) is 36.7 Å². The molecule has 0 aromatic heterocycles. The molecule has 0 radical (unpaired) electrons. The molecule has 0 aliphatic rings. The number of nitro groups is 1. The van der Waals surface area contributed by atoms with Crippen LogP contribution in [0.5, 0.6) is 0 Å². The highest BCUT2D eigenvalue weighted by Crippen LogP contribution is 2.18. The Morgan fingerprint density at radius 3 is 2.30 bits per heavy atom. The number of hydrogen-bond acceptors (Lipinski definition) is 6. The molecule has 0 unspecified atom stereocenters. The van der Waals surface area contributed by atoms with E-state index in [-0.39, 0.29) is 22.8 Å². The Bertz CT molecular complexity index is 921. The number of nitro benzene ring substituents is 1. The molecular formula is C18H20N2O6S. The highest BCUT2D eigenvalue weighted by Gasteiger charge is 2.22. The fourth-order valence-corrected chi connectivity index (χ4v) is 3.95. The zero-order chi connectivity index (χ0) is 20.0. The molecule has 144 valence electrons. The first-order valence-electron chi connectivity index (χ1n) is 8.30. The second kappa shape index (κ2) is 8.74. The lowest BCUT2D eigenvalue weighted by atomic mass is 10.2. The quantitative estimate of drug-likeness (QED) is 0.388. The van der Waals surface area contributed by atoms with Crippen LogP contribution in [0, 0.1) is 10.1 Å². The number of ether oxygens (including phenoxy) is 1. The van der Waals surface area contributed by atoms with Gasteiger partial charge in [-0.15, -0.1) is 0 Å². The molecule has 2 aromatic carbocycles. The second-order valence-electron chi connectivity index (χ2n) is 5.62. The first kappa shape index (κ1) is 20.5. The van der Waals surface area contributed by atoms with E-state index in [0.29, 0.717) is 18.7 Å². The maximum absolute atomic E-state index is 12.6. The Morgan fingerprint density at radius 2 is 1.74 bits per heavy atom. The van der Waals surface area contributed by atoms with Crippen molar-refractivity contribution in [3.8, 4) is 0 Å². The third kappa shape index (κ3) is 4.89. The van der Waals surface area contributed by atoms with Gasteiger partial charge in [0, 0.05) is 25.2 Å². The van der Waals surface area contributed by atoms with Gasteiger partial charge in [-0.05, 0) is 35.9 Å². The SMILES string of the molecule is CCN(CC)S(=O)(=O)c1cccc(C(=O)OCc2ccc([N+](=O)[O-])cc2)c1. The normalized spacial score (nSPS) is 11.4. The fraction of sp³-hybridized carbons (Fsp3) is 0.278. The third-order valence-corrected chi connectivity index (χ3v) is 5.98. The average molecular weight is 392 g/mol. The van der Waals surface area contributed by atoms with Crippen LogP contribution in [0.2, 0.25) is 0 Å². The molecule has 0 aliphatic heterocycles. The maximum Gasteiger partial charge on any atom is 0.338 e. The smallest absolute Gasteiger partial charge is 0.338 e. The van der Waals surface area contributed by atoms with Gasteiger partial charge in [-0.1, -0.05) is 19.9 Å². The first-order chi connectivity index (χ1) is 12.8. The van der Waals surface area contributed by atoms with Gasteiger partial charge in [0.05, 0.1) is 15.4 Å². The molecule has 0 bridgehead atoms. The van der Waals surface area contributed by atoms with Crippen molar-refractivity contribution in [1.82, 2.24) is 4.31 Å². The lowest BCUT2D eigenvalue weighted by molar-refractivity contribution is -0.384. The average Bonchev–Trinajstić information content (AvgIpc) is 2.67. The van der Waals surface area contributed by atoms with E-state index < -0.39 is 20.9 Å². The van der Waals surface area contributed by atoms with Crippen molar-refractivity contribution in [3.05, 3.63) is 69.8 Å². The first-order valence-corrected chi connectivity index (χ1v) is 9.74. The maximum atomic E-state index is 12.6. The lowest BCUT2D eigenvalue weighted by Gasteiger charge is -2.18. The van der Waals surface area contributed by atoms with Crippen molar-refractivity contribution in [3.63, 3.8) is 0 Å². The largest absolute Gasteiger partial charge is 0.457 e. The van der Waals surface area contributed by atoms with Crippen LogP contribution < -0.4 is 0 Å². The Hall–Kier alpha value is -2.78. The van der Waals surface area contributed by atoms with E-state index in [2.05, 4.69) is 0 Å². The van der Waals surface area contributed by atoms with Crippen LogP contribution in [0.3, 0.4) is 0 Å². The molecule has 2 aromatic rings. The number of carbonyl (C=O) groups is 1. The van der Waals surface area contributed by atoms with Gasteiger partial charge in [0.1, 0.15) is 6.61 Å². The van der Waals surface area contributed by atoms with Crippen molar-refractivity contribution in [2.45, 2.75) is 25.3 Å². The number of rotatable bonds is 8. The molecule has 0 amide bonds. The molecule has 8 nitrogen and oxygen atoms in total. The van der Waals surface area contributed by atoms with Crippen LogP contribution in [0.15, 0.2) is 53.4 Å². The number of esters is 1. The summed E-state index contributed by atoms with van der Waals surface area (Å²) in [6.07, 6.45) is 0. The molecule has 0 N–H and O–H groups in total. The number of non-ortho nitro benzene ring substituents is 1. The van der Waals surface area contributed by atoms with Crippen molar-refractivity contribution in [2.75, 3.05) is 13.1 Å². The van der Waals surface area contributed by atoms with Crippen LogP contribution >= 0.6 is 0 Å². The molecule has 0 heterocycles. The van der Waals surface area contributed by atoms with Gasteiger partial charge in [0.15, 0.2) is 0 Å². The topological polar surface area (TPSA) is 107 Å². The highest BCUT2D eigenvalue weighted by molar-refractivity contribution is 7.89. The summed E-state index contributed by atoms with van der Waals surface area (Å²) in [6, 6.07) is 11.3. The highest BCUT2D eigenvalue weighted by atomic mass is 32.2. The molecule has 27 heavy (non-hydrogen) atoms. The van der Waals surface area contributed by atoms with Crippen molar-refractivity contribution < 1.29 is 22.9 Å². The van der Waals surface area contributed by atoms with Gasteiger partial charge in [-0.25, -0.2) is 13.2 Å². The summed E-state index contributed by atoms with van der Waals surface area (Å²) in [5.41, 5.74) is 0.644. The van der Waals surface area contributed by atoms with E-state index in [0.717, 1.165) is 0 Å². The van der Waals surface area contributed by atoms with E-state index in [1.165, 1.54) is 52.8 Å². The Labute approximate surface area is 157 Å². The molecule has 9 heteroatoms. The van der Waals surface area contributed by atoms with E-state index in [1.807, 2.05) is 0 Å². The lowest BCUT2D eigenvalue weighted by Crippen LogP contribution is -2.30. The number of sulfonamides is 1. The van der Waals surface area contributed by atoms with Gasteiger partial charge in [-0.3, -0.25) is 10.1 Å². The van der Waals surface area contributed by atoms with E-state index in [1.54, 1.807) is 13.8 Å². The van der Waals surface area contributed by atoms with Gasteiger partial charge < -0.3 is 4.74 Å². The van der Waals surface area contributed by atoms with Crippen LogP contribution in [0.4, 0.5) is 5.69 Å². The minimum atomic E-state index is -3.68. The predicted molar refractivity (Wildman–Crippen MR) is 98.8 cm³/mol. The van der Waals surface area contributed by atoms with E-state index in [4.69, 9.17) is 4.74 Å². The van der Waals surface area contributed by atoms with Gasteiger partial charge in [0.2, 0.25) is 10.0 Å². The number of hydrogen-bond donors (Lipinski definition) is 0. The number of carbonyl (C=O) groups excluding carboxylic acids is 1. The Morgan fingerprint density at radius 1 is 1.11 bits per heavy atom. The summed E-state index contributed by atoms with van der Waals surface area (Å²) in [5.74, 6) is -0.676. The van der Waals surface area contributed by atoms with Crippen LogP contribution in [0.25, 0.3) is 0 Å². The number of nitrogens with zero attached hydrogens (tertiary/aromatic N) is 2. The zero-order valence-electron chi connectivity index (χ0n) is 15.0. The minimum absolute atomic E-state index is 0.0241. The van der Waals surface area contributed by atoms with E-state index >= 15 is 0 Å². The predicted octanol–water partition coefficient (Wildman–Crippen LogP) is 2.98. The van der Waals surface area contributed by atoms with Gasteiger partial charge in [-0.2, -0.15) is 4.31 Å². The summed E-state index contributed by atoms with van der Waals surface area (Å²) >= 11 is 0. The Balaban J connectivity index is 2.12. The molecular weight excluding hydrogens is 372 g/mol. The summed E-state index contributed by atoms with van der Waals surface area (Å²) in [6.45, 7) is 4.05. The molecule has 0 saturated carbocycles. The van der Waals surface area contributed by atoms with Crippen LogP contribution in [-0.2, 0) is 21.4 Å². The molecule has 0 saturated heterocycles. The summed E-state index contributed by atoms with van der Waals surface area (Å²) in [4.78, 5) is 22.4.